The molecule has 1 aromatic rings. The van der Waals surface area contributed by atoms with E-state index >= 15 is 0 Å². The first-order chi connectivity index (χ1) is 13.5. The zero-order valence-corrected chi connectivity index (χ0v) is 17.1. The van der Waals surface area contributed by atoms with Crippen LogP contribution in [0.2, 0.25) is 0 Å². The lowest BCUT2D eigenvalue weighted by atomic mass is 9.77. The Morgan fingerprint density at radius 2 is 1.82 bits per heavy atom. The molecule has 0 radical (unpaired) electrons. The zero-order chi connectivity index (χ0) is 19.8. The summed E-state index contributed by atoms with van der Waals surface area (Å²) in [6.45, 7) is 3.56. The molecular formula is C23H30N2O3. The topological polar surface area (TPSA) is 49.9 Å². The highest BCUT2D eigenvalue weighted by atomic mass is 16.5. The van der Waals surface area contributed by atoms with E-state index in [1.54, 1.807) is 0 Å². The van der Waals surface area contributed by atoms with Gasteiger partial charge in [0.2, 0.25) is 0 Å². The molecule has 2 aliphatic heterocycles. The third-order valence-electron chi connectivity index (χ3n) is 6.26. The predicted molar refractivity (Wildman–Crippen MR) is 108 cm³/mol. The third kappa shape index (κ3) is 3.37. The molecule has 5 nitrogen and oxygen atoms in total. The molecule has 1 saturated carbocycles. The largest absolute Gasteiger partial charge is 0.483 e. The maximum atomic E-state index is 13.4. The van der Waals surface area contributed by atoms with Gasteiger partial charge in [-0.05, 0) is 58.8 Å². The molecule has 1 aromatic carbocycles. The first-order valence-electron chi connectivity index (χ1n) is 10.4. The van der Waals surface area contributed by atoms with Crippen LogP contribution in [-0.2, 0) is 14.3 Å². The molecule has 5 heteroatoms. The van der Waals surface area contributed by atoms with Crippen LogP contribution in [0.25, 0.3) is 0 Å². The fourth-order valence-corrected chi connectivity index (χ4v) is 4.78. The molecule has 1 fully saturated rings. The van der Waals surface area contributed by atoms with Gasteiger partial charge in [0.05, 0.1) is 17.5 Å². The first kappa shape index (κ1) is 19.2. The van der Waals surface area contributed by atoms with Gasteiger partial charge in [-0.15, -0.1) is 0 Å². The van der Waals surface area contributed by atoms with Crippen molar-refractivity contribution in [2.75, 3.05) is 27.2 Å². The minimum atomic E-state index is -0.319. The molecule has 0 bridgehead atoms. The van der Waals surface area contributed by atoms with E-state index in [4.69, 9.17) is 4.74 Å². The van der Waals surface area contributed by atoms with E-state index < -0.39 is 0 Å². The van der Waals surface area contributed by atoms with Crippen LogP contribution in [0.5, 0.6) is 0 Å². The number of hydrogen-bond donors (Lipinski definition) is 0. The monoisotopic (exact) mass is 382 g/mol. The number of amides is 1. The van der Waals surface area contributed by atoms with Gasteiger partial charge in [0, 0.05) is 6.54 Å². The highest BCUT2D eigenvalue weighted by Crippen LogP contribution is 2.46. The maximum absolute atomic E-state index is 13.4. The molecule has 28 heavy (non-hydrogen) atoms. The fourth-order valence-electron chi connectivity index (χ4n) is 4.78. The molecule has 0 N–H and O–H groups in total. The van der Waals surface area contributed by atoms with Gasteiger partial charge in [0.15, 0.2) is 11.5 Å². The number of nitrogens with zero attached hydrogens (tertiary/aromatic N) is 2. The van der Waals surface area contributed by atoms with Crippen LogP contribution >= 0.6 is 0 Å². The van der Waals surface area contributed by atoms with Crippen molar-refractivity contribution in [1.82, 2.24) is 9.80 Å². The zero-order valence-electron chi connectivity index (χ0n) is 17.1. The summed E-state index contributed by atoms with van der Waals surface area (Å²) in [7, 11) is 4.06. The minimum absolute atomic E-state index is 0.0880. The van der Waals surface area contributed by atoms with E-state index in [9.17, 15) is 9.59 Å². The number of aryl methyl sites for hydroxylation is 1. The number of fused-ring (bicyclic) bond motifs is 1. The van der Waals surface area contributed by atoms with Gasteiger partial charge in [-0.1, -0.05) is 36.2 Å². The Bertz CT molecular complexity index is 797. The van der Waals surface area contributed by atoms with E-state index in [1.165, 1.54) is 5.56 Å². The predicted octanol–water partition coefficient (Wildman–Crippen LogP) is 3.24. The van der Waals surface area contributed by atoms with Gasteiger partial charge in [-0.2, -0.15) is 0 Å². The minimum Gasteiger partial charge on any atom is -0.483 e. The lowest BCUT2D eigenvalue weighted by Crippen LogP contribution is -2.39. The van der Waals surface area contributed by atoms with Crippen LogP contribution in [0.1, 0.15) is 49.3 Å². The van der Waals surface area contributed by atoms with E-state index in [0.717, 1.165) is 44.2 Å². The summed E-state index contributed by atoms with van der Waals surface area (Å²) in [4.78, 5) is 30.7. The van der Waals surface area contributed by atoms with E-state index in [2.05, 4.69) is 4.90 Å². The molecule has 0 spiro atoms. The number of hydrogen-bond acceptors (Lipinski definition) is 4. The highest BCUT2D eigenvalue weighted by molar-refractivity contribution is 6.11. The standard InChI is InChI=1S/C23H30N2O3/c1-15-9-11-16(12-10-15)20-19-21(26)17-7-4-5-8-18(17)28-22(19)23(27)25(20)14-6-13-24(2)3/h9-12,17-18,20H,4-8,13-14H2,1-3H3. The average molecular weight is 383 g/mol. The third-order valence-corrected chi connectivity index (χ3v) is 6.26. The van der Waals surface area contributed by atoms with Crippen molar-refractivity contribution < 1.29 is 14.3 Å². The Hall–Kier alpha value is -2.14. The molecule has 3 atom stereocenters. The van der Waals surface area contributed by atoms with Crippen LogP contribution in [0, 0.1) is 12.8 Å². The number of rotatable bonds is 5. The van der Waals surface area contributed by atoms with Crippen LogP contribution in [0.15, 0.2) is 35.6 Å². The molecule has 3 unspecified atom stereocenters. The Labute approximate surface area is 167 Å². The normalized spacial score (nSPS) is 27.1. The average Bonchev–Trinajstić information content (AvgIpc) is 2.95. The number of ketones is 1. The Kier molecular flexibility index (Phi) is 5.28. The molecule has 3 aliphatic rings. The molecule has 1 aliphatic carbocycles. The van der Waals surface area contributed by atoms with Crippen molar-refractivity contribution >= 4 is 11.7 Å². The maximum Gasteiger partial charge on any atom is 0.290 e. The molecule has 2 heterocycles. The van der Waals surface area contributed by atoms with Crippen LogP contribution < -0.4 is 0 Å². The smallest absolute Gasteiger partial charge is 0.290 e. The van der Waals surface area contributed by atoms with E-state index in [0.29, 0.717) is 17.9 Å². The van der Waals surface area contributed by atoms with Gasteiger partial charge >= 0.3 is 0 Å². The summed E-state index contributed by atoms with van der Waals surface area (Å²) in [6.07, 6.45) is 4.62. The van der Waals surface area contributed by atoms with Gasteiger partial charge in [-0.3, -0.25) is 9.59 Å². The molecule has 0 aromatic heterocycles. The second kappa shape index (κ2) is 7.70. The lowest BCUT2D eigenvalue weighted by Gasteiger charge is -2.35. The van der Waals surface area contributed by atoms with Gasteiger partial charge in [0.25, 0.3) is 5.91 Å². The summed E-state index contributed by atoms with van der Waals surface area (Å²) in [6, 6.07) is 7.87. The van der Waals surface area contributed by atoms with Crippen molar-refractivity contribution in [3.63, 3.8) is 0 Å². The first-order valence-corrected chi connectivity index (χ1v) is 10.4. The quantitative estimate of drug-likeness (QED) is 0.784. The van der Waals surface area contributed by atoms with Crippen LogP contribution in [0.4, 0.5) is 0 Å². The second-order valence-electron chi connectivity index (χ2n) is 8.62. The van der Waals surface area contributed by atoms with Crippen LogP contribution in [-0.4, -0.2) is 54.8 Å². The summed E-state index contributed by atoms with van der Waals surface area (Å²) in [5, 5.41) is 0. The summed E-state index contributed by atoms with van der Waals surface area (Å²) in [5.74, 6) is 0.259. The lowest BCUT2D eigenvalue weighted by molar-refractivity contribution is -0.135. The summed E-state index contributed by atoms with van der Waals surface area (Å²) >= 11 is 0. The van der Waals surface area contributed by atoms with Crippen molar-refractivity contribution in [3.8, 4) is 0 Å². The molecule has 1 amide bonds. The molecule has 0 saturated heterocycles. The van der Waals surface area contributed by atoms with Crippen molar-refractivity contribution in [1.29, 1.82) is 0 Å². The number of Topliss-reactive ketones (excluding diaryl/α,β-unsaturated/α-hetero) is 1. The Balaban J connectivity index is 1.70. The molecular weight excluding hydrogens is 352 g/mol. The number of carbonyl (C=O) groups excluding carboxylic acids is 2. The second-order valence-corrected chi connectivity index (χ2v) is 8.62. The number of ether oxygens (including phenoxy) is 1. The van der Waals surface area contributed by atoms with Crippen molar-refractivity contribution in [3.05, 3.63) is 46.7 Å². The fraction of sp³-hybridized carbons (Fsp3) is 0.565. The van der Waals surface area contributed by atoms with Crippen LogP contribution in [0.3, 0.4) is 0 Å². The van der Waals surface area contributed by atoms with Gasteiger partial charge in [0.1, 0.15) is 6.10 Å². The Morgan fingerprint density at radius 1 is 1.11 bits per heavy atom. The van der Waals surface area contributed by atoms with Gasteiger partial charge in [-0.25, -0.2) is 0 Å². The molecule has 4 rings (SSSR count). The van der Waals surface area contributed by atoms with E-state index in [-0.39, 0.29) is 29.8 Å². The van der Waals surface area contributed by atoms with Crippen molar-refractivity contribution in [2.24, 2.45) is 5.92 Å². The summed E-state index contributed by atoms with van der Waals surface area (Å²) < 4.78 is 6.19. The highest BCUT2D eigenvalue weighted by Gasteiger charge is 2.51. The number of carbonyl (C=O) groups is 2. The Morgan fingerprint density at radius 3 is 2.54 bits per heavy atom. The molecule has 150 valence electrons. The summed E-state index contributed by atoms with van der Waals surface area (Å²) in [5.41, 5.74) is 2.77. The van der Waals surface area contributed by atoms with Gasteiger partial charge < -0.3 is 14.5 Å². The SMILES string of the molecule is Cc1ccc(C2C3=C(OC4CCCCC4C3=O)C(=O)N2CCCN(C)C)cc1. The number of benzene rings is 1. The van der Waals surface area contributed by atoms with E-state index in [1.807, 2.05) is 50.2 Å². The van der Waals surface area contributed by atoms with Crippen molar-refractivity contribution in [2.45, 2.75) is 51.2 Å².